The summed E-state index contributed by atoms with van der Waals surface area (Å²) < 4.78 is 5.22. The number of anilines is 1. The van der Waals surface area contributed by atoms with E-state index in [0.29, 0.717) is 0 Å². The van der Waals surface area contributed by atoms with Crippen LogP contribution in [0, 0.1) is 5.92 Å². The summed E-state index contributed by atoms with van der Waals surface area (Å²) in [6.07, 6.45) is 1.34. The van der Waals surface area contributed by atoms with E-state index in [1.807, 2.05) is 30.3 Å². The van der Waals surface area contributed by atoms with Crippen LogP contribution in [-0.2, 0) is 9.53 Å². The molecule has 1 aromatic rings. The number of ether oxygens (including phenoxy) is 1. The number of hydrogen-bond acceptors (Lipinski definition) is 3. The lowest BCUT2D eigenvalue weighted by Crippen LogP contribution is -2.47. The van der Waals surface area contributed by atoms with Crippen LogP contribution >= 0.6 is 0 Å². The highest BCUT2D eigenvalue weighted by atomic mass is 16.6. The first-order valence-electron chi connectivity index (χ1n) is 7.20. The maximum atomic E-state index is 12.3. The van der Waals surface area contributed by atoms with Gasteiger partial charge >= 0.3 is 6.09 Å². The predicted octanol–water partition coefficient (Wildman–Crippen LogP) is 2.93. The van der Waals surface area contributed by atoms with Gasteiger partial charge in [-0.1, -0.05) is 18.2 Å². The van der Waals surface area contributed by atoms with Gasteiger partial charge in [0.2, 0.25) is 5.91 Å². The minimum atomic E-state index is -0.575. The number of carbonyl (C=O) groups is 2. The number of amides is 2. The summed E-state index contributed by atoms with van der Waals surface area (Å²) in [6.45, 7) is 5.38. The Morgan fingerprint density at radius 3 is 2.33 bits per heavy atom. The molecule has 0 bridgehead atoms. The molecule has 2 amide bonds. The quantitative estimate of drug-likeness (QED) is 0.896. The monoisotopic (exact) mass is 290 g/mol. The van der Waals surface area contributed by atoms with E-state index in [1.165, 1.54) is 0 Å². The molecule has 1 aliphatic rings. The van der Waals surface area contributed by atoms with Crippen LogP contribution in [0.25, 0.3) is 0 Å². The van der Waals surface area contributed by atoms with Gasteiger partial charge in [-0.25, -0.2) is 4.79 Å². The van der Waals surface area contributed by atoms with Crippen molar-refractivity contribution in [1.29, 1.82) is 0 Å². The van der Waals surface area contributed by atoms with Crippen LogP contribution in [-0.4, -0.2) is 23.6 Å². The van der Waals surface area contributed by atoms with Crippen molar-refractivity contribution < 1.29 is 14.3 Å². The van der Waals surface area contributed by atoms with Crippen molar-refractivity contribution in [2.24, 2.45) is 5.92 Å². The fraction of sp³-hybridized carbons (Fsp3) is 0.500. The summed E-state index contributed by atoms with van der Waals surface area (Å²) in [5, 5.41) is 5.50. The molecule has 1 saturated carbocycles. The van der Waals surface area contributed by atoms with Crippen LogP contribution in [0.4, 0.5) is 10.5 Å². The molecule has 1 atom stereocenters. The molecule has 114 valence electrons. The average molecular weight is 290 g/mol. The molecule has 5 heteroatoms. The third-order valence-electron chi connectivity index (χ3n) is 3.09. The third kappa shape index (κ3) is 5.10. The molecule has 5 nitrogen and oxygen atoms in total. The topological polar surface area (TPSA) is 67.4 Å². The Morgan fingerprint density at radius 2 is 1.81 bits per heavy atom. The average Bonchev–Trinajstić information content (AvgIpc) is 3.19. The van der Waals surface area contributed by atoms with Gasteiger partial charge in [-0.15, -0.1) is 0 Å². The second kappa shape index (κ2) is 6.16. The van der Waals surface area contributed by atoms with E-state index < -0.39 is 17.7 Å². The maximum absolute atomic E-state index is 12.3. The van der Waals surface area contributed by atoms with Crippen molar-refractivity contribution in [1.82, 2.24) is 5.32 Å². The Morgan fingerprint density at radius 1 is 1.19 bits per heavy atom. The number of benzene rings is 1. The first-order valence-corrected chi connectivity index (χ1v) is 7.20. The molecule has 2 rings (SSSR count). The zero-order valence-electron chi connectivity index (χ0n) is 12.7. The first kappa shape index (κ1) is 15.4. The zero-order valence-corrected chi connectivity index (χ0v) is 12.7. The van der Waals surface area contributed by atoms with E-state index in [2.05, 4.69) is 10.6 Å². The smallest absolute Gasteiger partial charge is 0.408 e. The Hall–Kier alpha value is -2.04. The second-order valence-corrected chi connectivity index (χ2v) is 6.32. The number of alkyl carbamates (subject to hydrolysis) is 1. The maximum Gasteiger partial charge on any atom is 0.408 e. The summed E-state index contributed by atoms with van der Waals surface area (Å²) in [5.74, 6) is -0.00390. The molecule has 0 saturated heterocycles. The highest BCUT2D eigenvalue weighted by molar-refractivity contribution is 5.97. The van der Waals surface area contributed by atoms with Crippen LogP contribution in [0.15, 0.2) is 30.3 Å². The normalized spacial score (nSPS) is 16.0. The molecule has 0 aliphatic heterocycles. The summed E-state index contributed by atoms with van der Waals surface area (Å²) in [7, 11) is 0. The second-order valence-electron chi connectivity index (χ2n) is 6.32. The van der Waals surface area contributed by atoms with Crippen molar-refractivity contribution in [2.45, 2.75) is 45.3 Å². The highest BCUT2D eigenvalue weighted by Crippen LogP contribution is 2.33. The molecule has 0 spiro atoms. The minimum Gasteiger partial charge on any atom is -0.444 e. The van der Waals surface area contributed by atoms with Gasteiger partial charge in [0.05, 0.1) is 0 Å². The summed E-state index contributed by atoms with van der Waals surface area (Å²) in [4.78, 5) is 24.2. The SMILES string of the molecule is CC(C)(C)OC(=O)NC(C(=O)Nc1ccccc1)C1CC1. The van der Waals surface area contributed by atoms with Crippen LogP contribution in [0.3, 0.4) is 0 Å². The largest absolute Gasteiger partial charge is 0.444 e. The van der Waals surface area contributed by atoms with Crippen LogP contribution in [0.2, 0.25) is 0 Å². The van der Waals surface area contributed by atoms with Gasteiger partial charge in [-0.05, 0) is 51.7 Å². The number of rotatable bonds is 4. The molecule has 0 radical (unpaired) electrons. The predicted molar refractivity (Wildman–Crippen MR) is 81.0 cm³/mol. The van der Waals surface area contributed by atoms with Crippen LogP contribution in [0.1, 0.15) is 33.6 Å². The van der Waals surface area contributed by atoms with Gasteiger partial charge in [0.15, 0.2) is 0 Å². The summed E-state index contributed by atoms with van der Waals surface area (Å²) >= 11 is 0. The Balaban J connectivity index is 1.95. The Labute approximate surface area is 125 Å². The van der Waals surface area contributed by atoms with Crippen molar-refractivity contribution in [2.75, 3.05) is 5.32 Å². The fourth-order valence-corrected chi connectivity index (χ4v) is 2.00. The summed E-state index contributed by atoms with van der Waals surface area (Å²) in [6, 6.07) is 8.67. The highest BCUT2D eigenvalue weighted by Gasteiger charge is 2.38. The lowest BCUT2D eigenvalue weighted by atomic mass is 10.1. The number of para-hydroxylation sites is 1. The van der Waals surface area contributed by atoms with Crippen LogP contribution in [0.5, 0.6) is 0 Å². The number of carbonyl (C=O) groups excluding carboxylic acids is 2. The van der Waals surface area contributed by atoms with Gasteiger partial charge in [-0.3, -0.25) is 4.79 Å². The van der Waals surface area contributed by atoms with Crippen molar-refractivity contribution in [3.63, 3.8) is 0 Å². The minimum absolute atomic E-state index is 0.196. The molecular formula is C16H22N2O3. The van der Waals surface area contributed by atoms with Gasteiger partial charge < -0.3 is 15.4 Å². The molecule has 0 aromatic heterocycles. The molecule has 0 heterocycles. The molecule has 2 N–H and O–H groups in total. The first-order chi connectivity index (χ1) is 9.85. The Bertz CT molecular complexity index is 504. The number of hydrogen-bond donors (Lipinski definition) is 2. The Kier molecular flexibility index (Phi) is 4.50. The lowest BCUT2D eigenvalue weighted by molar-refractivity contribution is -0.118. The van der Waals surface area contributed by atoms with E-state index in [0.717, 1.165) is 18.5 Å². The lowest BCUT2D eigenvalue weighted by Gasteiger charge is -2.23. The van der Waals surface area contributed by atoms with Crippen molar-refractivity contribution in [3.8, 4) is 0 Å². The molecule has 1 fully saturated rings. The summed E-state index contributed by atoms with van der Waals surface area (Å²) in [5.41, 5.74) is 0.146. The molecular weight excluding hydrogens is 268 g/mol. The molecule has 21 heavy (non-hydrogen) atoms. The van der Waals surface area contributed by atoms with E-state index in [1.54, 1.807) is 20.8 Å². The molecule has 1 aliphatic carbocycles. The van der Waals surface area contributed by atoms with E-state index >= 15 is 0 Å². The molecule has 1 unspecified atom stereocenters. The third-order valence-corrected chi connectivity index (χ3v) is 3.09. The van der Waals surface area contributed by atoms with Gasteiger partial charge in [0, 0.05) is 5.69 Å². The van der Waals surface area contributed by atoms with Gasteiger partial charge in [-0.2, -0.15) is 0 Å². The van der Waals surface area contributed by atoms with Crippen molar-refractivity contribution in [3.05, 3.63) is 30.3 Å². The standard InChI is InChI=1S/C16H22N2O3/c1-16(2,3)21-15(20)18-13(11-9-10-11)14(19)17-12-7-5-4-6-8-12/h4-8,11,13H,9-10H2,1-3H3,(H,17,19)(H,18,20). The van der Waals surface area contributed by atoms with Crippen molar-refractivity contribution >= 4 is 17.7 Å². The van der Waals surface area contributed by atoms with Gasteiger partial charge in [0.1, 0.15) is 11.6 Å². The van der Waals surface area contributed by atoms with Gasteiger partial charge in [0.25, 0.3) is 0 Å². The van der Waals surface area contributed by atoms with E-state index in [9.17, 15) is 9.59 Å². The zero-order chi connectivity index (χ0) is 15.5. The van der Waals surface area contributed by atoms with E-state index in [-0.39, 0.29) is 11.8 Å². The van der Waals surface area contributed by atoms with Crippen LogP contribution < -0.4 is 10.6 Å². The molecule has 1 aromatic carbocycles. The number of nitrogens with one attached hydrogen (secondary N) is 2. The van der Waals surface area contributed by atoms with E-state index in [4.69, 9.17) is 4.74 Å². The fourth-order valence-electron chi connectivity index (χ4n) is 2.00.